The minimum atomic E-state index is -0.351. The van der Waals surface area contributed by atoms with E-state index in [0.717, 1.165) is 0 Å². The molecule has 0 saturated heterocycles. The lowest BCUT2D eigenvalue weighted by Crippen LogP contribution is -1.97. The van der Waals surface area contributed by atoms with E-state index in [2.05, 4.69) is 5.32 Å². The molecule has 0 amide bonds. The fourth-order valence-corrected chi connectivity index (χ4v) is 2.07. The predicted octanol–water partition coefficient (Wildman–Crippen LogP) is 4.94. The zero-order valence-corrected chi connectivity index (χ0v) is 11.8. The Morgan fingerprint density at radius 3 is 2.65 bits per heavy atom. The molecule has 0 spiro atoms. The van der Waals surface area contributed by atoms with E-state index in [0.29, 0.717) is 16.3 Å². The van der Waals surface area contributed by atoms with E-state index in [1.54, 1.807) is 24.3 Å². The van der Waals surface area contributed by atoms with Gasteiger partial charge in [0, 0.05) is 28.5 Å². The second-order valence-corrected chi connectivity index (χ2v) is 4.82. The molecule has 20 heavy (non-hydrogen) atoms. The molecule has 102 valence electrons. The van der Waals surface area contributed by atoms with Crippen LogP contribution in [0.25, 0.3) is 0 Å². The number of nitrogens with one attached hydrogen (secondary N) is 1. The van der Waals surface area contributed by atoms with Gasteiger partial charge in [0.25, 0.3) is 0 Å². The number of hydrogen-bond acceptors (Lipinski definition) is 2. The quantitative estimate of drug-likeness (QED) is 0.640. The maximum Gasteiger partial charge on any atom is 0.188 e. The van der Waals surface area contributed by atoms with Crippen LogP contribution < -0.4 is 5.32 Å². The summed E-state index contributed by atoms with van der Waals surface area (Å²) < 4.78 is 12.9. The highest BCUT2D eigenvalue weighted by Crippen LogP contribution is 2.21. The van der Waals surface area contributed by atoms with Gasteiger partial charge in [0.1, 0.15) is 5.82 Å². The van der Waals surface area contributed by atoms with Crippen LogP contribution in [0, 0.1) is 5.82 Å². The third kappa shape index (κ3) is 3.83. The van der Waals surface area contributed by atoms with E-state index in [1.165, 1.54) is 30.5 Å². The average molecular weight is 310 g/mol. The Morgan fingerprint density at radius 1 is 1.15 bits per heavy atom. The smallest absolute Gasteiger partial charge is 0.188 e. The van der Waals surface area contributed by atoms with Crippen LogP contribution in [0.15, 0.2) is 54.7 Å². The number of hydrogen-bond donors (Lipinski definition) is 1. The lowest BCUT2D eigenvalue weighted by atomic mass is 10.1. The molecular weight excluding hydrogens is 300 g/mol. The molecule has 0 unspecified atom stereocenters. The normalized spacial score (nSPS) is 10.8. The van der Waals surface area contributed by atoms with Gasteiger partial charge in [0.05, 0.1) is 5.02 Å². The molecule has 0 radical (unpaired) electrons. The van der Waals surface area contributed by atoms with Crippen LogP contribution in [0.1, 0.15) is 10.4 Å². The SMILES string of the molecule is O=C(/C=C/Nc1cccc(F)c1)c1ccc(Cl)cc1Cl. The molecule has 0 bridgehead atoms. The molecule has 2 aromatic rings. The molecule has 0 aromatic heterocycles. The number of allylic oxidation sites excluding steroid dienone is 1. The van der Waals surface area contributed by atoms with Gasteiger partial charge in [-0.2, -0.15) is 0 Å². The molecule has 1 N–H and O–H groups in total. The van der Waals surface area contributed by atoms with Gasteiger partial charge < -0.3 is 5.32 Å². The van der Waals surface area contributed by atoms with Crippen molar-refractivity contribution in [1.29, 1.82) is 0 Å². The third-order valence-corrected chi connectivity index (χ3v) is 3.05. The first-order valence-corrected chi connectivity index (χ1v) is 6.50. The summed E-state index contributed by atoms with van der Waals surface area (Å²) in [5.74, 6) is -0.619. The highest BCUT2D eigenvalue weighted by molar-refractivity contribution is 6.37. The fourth-order valence-electron chi connectivity index (χ4n) is 1.57. The predicted molar refractivity (Wildman–Crippen MR) is 80.0 cm³/mol. The molecule has 2 nitrogen and oxygen atoms in total. The standard InChI is InChI=1S/C15H10Cl2FNO/c16-10-4-5-13(14(17)8-10)15(20)6-7-19-12-3-1-2-11(18)9-12/h1-9,19H/b7-6+. The molecular formula is C15H10Cl2FNO. The van der Waals surface area contributed by atoms with Gasteiger partial charge in [0.15, 0.2) is 5.78 Å². The Labute approximate surface area is 125 Å². The highest BCUT2D eigenvalue weighted by atomic mass is 35.5. The number of carbonyl (C=O) groups excluding carboxylic acids is 1. The molecule has 0 fully saturated rings. The summed E-state index contributed by atoms with van der Waals surface area (Å²) in [5.41, 5.74) is 0.907. The molecule has 0 atom stereocenters. The summed E-state index contributed by atoms with van der Waals surface area (Å²) in [4.78, 5) is 11.9. The lowest BCUT2D eigenvalue weighted by Gasteiger charge is -2.02. The number of carbonyl (C=O) groups is 1. The van der Waals surface area contributed by atoms with E-state index in [-0.39, 0.29) is 16.6 Å². The maximum absolute atomic E-state index is 12.9. The van der Waals surface area contributed by atoms with Crippen molar-refractivity contribution < 1.29 is 9.18 Å². The molecule has 0 aliphatic rings. The Kier molecular flexibility index (Phi) is 4.77. The first-order valence-electron chi connectivity index (χ1n) is 5.74. The topological polar surface area (TPSA) is 29.1 Å². The van der Waals surface area contributed by atoms with Crippen LogP contribution in [0.3, 0.4) is 0 Å². The molecule has 0 aliphatic heterocycles. The first-order chi connectivity index (χ1) is 9.56. The second-order valence-electron chi connectivity index (χ2n) is 3.98. The first kappa shape index (κ1) is 14.6. The van der Waals surface area contributed by atoms with Crippen LogP contribution in [0.5, 0.6) is 0 Å². The Balaban J connectivity index is 2.06. The highest BCUT2D eigenvalue weighted by Gasteiger charge is 2.07. The van der Waals surface area contributed by atoms with Crippen molar-refractivity contribution in [3.05, 3.63) is 76.2 Å². The van der Waals surface area contributed by atoms with E-state index in [4.69, 9.17) is 23.2 Å². The van der Waals surface area contributed by atoms with Gasteiger partial charge in [-0.1, -0.05) is 29.3 Å². The summed E-state index contributed by atoms with van der Waals surface area (Å²) in [6.45, 7) is 0. The fraction of sp³-hybridized carbons (Fsp3) is 0. The summed E-state index contributed by atoms with van der Waals surface area (Å²) >= 11 is 11.7. The van der Waals surface area contributed by atoms with E-state index in [1.807, 2.05) is 0 Å². The molecule has 2 rings (SSSR count). The number of halogens is 3. The number of anilines is 1. The Bertz CT molecular complexity index is 671. The van der Waals surface area contributed by atoms with Crippen LogP contribution in [0.2, 0.25) is 10.0 Å². The van der Waals surface area contributed by atoms with Crippen LogP contribution in [0.4, 0.5) is 10.1 Å². The summed E-state index contributed by atoms with van der Waals surface area (Å²) in [7, 11) is 0. The number of rotatable bonds is 4. The largest absolute Gasteiger partial charge is 0.361 e. The number of benzene rings is 2. The van der Waals surface area contributed by atoms with Crippen molar-refractivity contribution in [1.82, 2.24) is 0 Å². The lowest BCUT2D eigenvalue weighted by molar-refractivity contribution is 0.104. The summed E-state index contributed by atoms with van der Waals surface area (Å²) in [6.07, 6.45) is 2.75. The minimum absolute atomic E-state index is 0.268. The molecule has 2 aromatic carbocycles. The Hall–Kier alpha value is -1.84. The molecule has 5 heteroatoms. The third-order valence-electron chi connectivity index (χ3n) is 2.51. The van der Waals surface area contributed by atoms with Gasteiger partial charge in [-0.25, -0.2) is 4.39 Å². The van der Waals surface area contributed by atoms with Gasteiger partial charge in [0.2, 0.25) is 0 Å². The van der Waals surface area contributed by atoms with E-state index in [9.17, 15) is 9.18 Å². The van der Waals surface area contributed by atoms with Crippen molar-refractivity contribution >= 4 is 34.7 Å². The summed E-state index contributed by atoms with van der Waals surface area (Å²) in [5, 5.41) is 3.56. The van der Waals surface area contributed by atoms with Crippen LogP contribution in [-0.2, 0) is 0 Å². The minimum Gasteiger partial charge on any atom is -0.361 e. The van der Waals surface area contributed by atoms with Crippen LogP contribution >= 0.6 is 23.2 Å². The van der Waals surface area contributed by atoms with E-state index < -0.39 is 0 Å². The molecule has 0 saturated carbocycles. The van der Waals surface area contributed by atoms with Gasteiger partial charge in [-0.3, -0.25) is 4.79 Å². The van der Waals surface area contributed by atoms with Gasteiger partial charge in [-0.05, 0) is 36.4 Å². The van der Waals surface area contributed by atoms with Crippen molar-refractivity contribution in [3.8, 4) is 0 Å². The molecule has 0 heterocycles. The monoisotopic (exact) mass is 309 g/mol. The zero-order chi connectivity index (χ0) is 14.5. The van der Waals surface area contributed by atoms with Crippen molar-refractivity contribution in [3.63, 3.8) is 0 Å². The average Bonchev–Trinajstić information content (AvgIpc) is 2.38. The molecule has 0 aliphatic carbocycles. The zero-order valence-electron chi connectivity index (χ0n) is 10.2. The van der Waals surface area contributed by atoms with E-state index >= 15 is 0 Å². The van der Waals surface area contributed by atoms with Crippen molar-refractivity contribution in [2.24, 2.45) is 0 Å². The van der Waals surface area contributed by atoms with Gasteiger partial charge >= 0.3 is 0 Å². The number of ketones is 1. The van der Waals surface area contributed by atoms with Gasteiger partial charge in [-0.15, -0.1) is 0 Å². The summed E-state index contributed by atoms with van der Waals surface area (Å²) in [6, 6.07) is 10.6. The van der Waals surface area contributed by atoms with Crippen LogP contribution in [-0.4, -0.2) is 5.78 Å². The maximum atomic E-state index is 12.9. The van der Waals surface area contributed by atoms with Crippen molar-refractivity contribution in [2.45, 2.75) is 0 Å². The van der Waals surface area contributed by atoms with Crippen molar-refractivity contribution in [2.75, 3.05) is 5.32 Å². The Morgan fingerprint density at radius 2 is 1.95 bits per heavy atom. The second kappa shape index (κ2) is 6.55.